The molecule has 0 aliphatic carbocycles. The molecule has 1 aliphatic heterocycles. The van der Waals surface area contributed by atoms with Crippen molar-refractivity contribution in [2.75, 3.05) is 19.8 Å². The van der Waals surface area contributed by atoms with E-state index in [2.05, 4.69) is 24.8 Å². The zero-order valence-corrected chi connectivity index (χ0v) is 12.2. The number of ether oxygens (including phenoxy) is 1. The number of rotatable bonds is 3. The molecule has 0 amide bonds. The number of fused-ring (bicyclic) bond motifs is 1. The van der Waals surface area contributed by atoms with Gasteiger partial charge in [0.15, 0.2) is 0 Å². The van der Waals surface area contributed by atoms with Crippen LogP contribution in [0.2, 0.25) is 0 Å². The topological polar surface area (TPSA) is 51.6 Å². The molecule has 0 radical (unpaired) electrons. The van der Waals surface area contributed by atoms with Gasteiger partial charge in [0.2, 0.25) is 0 Å². The molecule has 3 rings (SSSR count). The second-order valence-corrected chi connectivity index (χ2v) is 5.99. The second-order valence-electron chi connectivity index (χ2n) is 5.99. The molecule has 108 valence electrons. The molecule has 0 bridgehead atoms. The Balaban J connectivity index is 1.94. The van der Waals surface area contributed by atoms with Gasteiger partial charge < -0.3 is 14.9 Å². The summed E-state index contributed by atoms with van der Waals surface area (Å²) in [6.07, 6.45) is 0. The lowest BCUT2D eigenvalue weighted by Crippen LogP contribution is -2.52. The fourth-order valence-corrected chi connectivity index (χ4v) is 2.86. The number of hydrogen-bond donors (Lipinski definition) is 1. The van der Waals surface area contributed by atoms with Crippen molar-refractivity contribution >= 4 is 11.0 Å². The number of para-hydroxylation sites is 1. The van der Waals surface area contributed by atoms with Gasteiger partial charge in [-0.25, -0.2) is 0 Å². The number of hydrogen-bond acceptors (Lipinski definition) is 4. The highest BCUT2D eigenvalue weighted by molar-refractivity contribution is 5.82. The van der Waals surface area contributed by atoms with E-state index in [9.17, 15) is 0 Å². The first-order chi connectivity index (χ1) is 9.62. The van der Waals surface area contributed by atoms with E-state index in [0.29, 0.717) is 6.54 Å². The molecule has 4 heteroatoms. The van der Waals surface area contributed by atoms with Gasteiger partial charge in [-0.2, -0.15) is 0 Å². The second kappa shape index (κ2) is 5.20. The zero-order chi connectivity index (χ0) is 14.2. The third-order valence-corrected chi connectivity index (χ3v) is 4.14. The number of nitrogens with zero attached hydrogens (tertiary/aromatic N) is 1. The fourth-order valence-electron chi connectivity index (χ4n) is 2.86. The van der Waals surface area contributed by atoms with Crippen molar-refractivity contribution in [3.8, 4) is 0 Å². The van der Waals surface area contributed by atoms with Gasteiger partial charge in [-0.3, -0.25) is 4.90 Å². The molecule has 1 saturated heterocycles. The summed E-state index contributed by atoms with van der Waals surface area (Å²) in [5, 5.41) is 1.14. The van der Waals surface area contributed by atoms with E-state index in [1.165, 1.54) is 0 Å². The minimum Gasteiger partial charge on any atom is -0.459 e. The lowest BCUT2D eigenvalue weighted by atomic mass is 10.0. The number of benzene rings is 1. The van der Waals surface area contributed by atoms with Gasteiger partial charge in [-0.1, -0.05) is 18.2 Å². The van der Waals surface area contributed by atoms with Gasteiger partial charge in [0.1, 0.15) is 11.3 Å². The summed E-state index contributed by atoms with van der Waals surface area (Å²) in [7, 11) is 0. The van der Waals surface area contributed by atoms with E-state index in [1.54, 1.807) is 0 Å². The molecule has 0 unspecified atom stereocenters. The molecule has 2 aromatic rings. The van der Waals surface area contributed by atoms with E-state index in [0.717, 1.165) is 48.6 Å². The van der Waals surface area contributed by atoms with Crippen molar-refractivity contribution < 1.29 is 9.15 Å². The largest absolute Gasteiger partial charge is 0.459 e. The minimum atomic E-state index is 0.0308. The highest BCUT2D eigenvalue weighted by atomic mass is 16.5. The number of nitrogens with two attached hydrogens (primary N) is 1. The van der Waals surface area contributed by atoms with Crippen molar-refractivity contribution in [1.82, 2.24) is 4.90 Å². The molecule has 0 spiro atoms. The Bertz CT molecular complexity index is 604. The molecule has 1 aromatic carbocycles. The molecule has 1 fully saturated rings. The molecule has 2 heterocycles. The van der Waals surface area contributed by atoms with Crippen LogP contribution >= 0.6 is 0 Å². The monoisotopic (exact) mass is 274 g/mol. The first kappa shape index (κ1) is 13.6. The Labute approximate surface area is 119 Å². The van der Waals surface area contributed by atoms with E-state index in [-0.39, 0.29) is 5.54 Å². The molecule has 20 heavy (non-hydrogen) atoms. The molecule has 0 atom stereocenters. The average molecular weight is 274 g/mol. The predicted molar refractivity (Wildman–Crippen MR) is 79.4 cm³/mol. The van der Waals surface area contributed by atoms with Crippen molar-refractivity contribution in [2.24, 2.45) is 5.73 Å². The van der Waals surface area contributed by atoms with Crippen LogP contribution in [0, 0.1) is 0 Å². The quantitative estimate of drug-likeness (QED) is 0.934. The maximum Gasteiger partial charge on any atom is 0.134 e. The maximum absolute atomic E-state index is 6.02. The van der Waals surface area contributed by atoms with Crippen molar-refractivity contribution in [2.45, 2.75) is 32.5 Å². The summed E-state index contributed by atoms with van der Waals surface area (Å²) in [5.74, 6) is 0.990. The van der Waals surface area contributed by atoms with Gasteiger partial charge >= 0.3 is 0 Å². The van der Waals surface area contributed by atoms with Crippen LogP contribution < -0.4 is 5.73 Å². The standard InChI is InChI=1S/C16H22N2O2/c1-16(2)11-19-8-7-18(16)10-15-13(9-17)12-5-3-4-6-14(12)20-15/h3-6H,7-11,17H2,1-2H3. The van der Waals surface area contributed by atoms with Gasteiger partial charge in [0.05, 0.1) is 19.8 Å². The molecule has 4 nitrogen and oxygen atoms in total. The first-order valence-corrected chi connectivity index (χ1v) is 7.14. The molecular formula is C16H22N2O2. The summed E-state index contributed by atoms with van der Waals surface area (Å²) in [4.78, 5) is 2.41. The lowest BCUT2D eigenvalue weighted by molar-refractivity contribution is -0.0576. The Morgan fingerprint density at radius 2 is 2.10 bits per heavy atom. The molecule has 1 aliphatic rings. The Hall–Kier alpha value is -1.36. The normalized spacial score (nSPS) is 19.6. The number of furan rings is 1. The summed E-state index contributed by atoms with van der Waals surface area (Å²) in [6.45, 7) is 8.17. The molecular weight excluding hydrogens is 252 g/mol. The lowest BCUT2D eigenvalue weighted by Gasteiger charge is -2.41. The van der Waals surface area contributed by atoms with Crippen LogP contribution in [0.15, 0.2) is 28.7 Å². The highest BCUT2D eigenvalue weighted by Crippen LogP contribution is 2.29. The summed E-state index contributed by atoms with van der Waals surface area (Å²) >= 11 is 0. The maximum atomic E-state index is 6.02. The highest BCUT2D eigenvalue weighted by Gasteiger charge is 2.31. The SMILES string of the molecule is CC1(C)COCCN1Cc1oc2ccccc2c1CN. The van der Waals surface area contributed by atoms with Crippen molar-refractivity contribution in [3.63, 3.8) is 0 Å². The smallest absolute Gasteiger partial charge is 0.134 e. The van der Waals surface area contributed by atoms with Crippen LogP contribution in [0.1, 0.15) is 25.2 Å². The van der Waals surface area contributed by atoms with Gasteiger partial charge in [-0.05, 0) is 19.9 Å². The van der Waals surface area contributed by atoms with Crippen LogP contribution in [0.3, 0.4) is 0 Å². The minimum absolute atomic E-state index is 0.0308. The Morgan fingerprint density at radius 3 is 2.85 bits per heavy atom. The Morgan fingerprint density at radius 1 is 1.30 bits per heavy atom. The van der Waals surface area contributed by atoms with Crippen LogP contribution in [0.25, 0.3) is 11.0 Å². The summed E-state index contributed by atoms with van der Waals surface area (Å²) in [5.41, 5.74) is 8.01. The van der Waals surface area contributed by atoms with E-state index in [1.807, 2.05) is 18.2 Å². The van der Waals surface area contributed by atoms with Crippen LogP contribution in [-0.4, -0.2) is 30.2 Å². The van der Waals surface area contributed by atoms with Crippen LogP contribution in [0.4, 0.5) is 0 Å². The third-order valence-electron chi connectivity index (χ3n) is 4.14. The zero-order valence-electron chi connectivity index (χ0n) is 12.2. The first-order valence-electron chi connectivity index (χ1n) is 7.14. The fraction of sp³-hybridized carbons (Fsp3) is 0.500. The van der Waals surface area contributed by atoms with Crippen LogP contribution in [0.5, 0.6) is 0 Å². The predicted octanol–water partition coefficient (Wildman–Crippen LogP) is 2.50. The van der Waals surface area contributed by atoms with E-state index < -0.39 is 0 Å². The third kappa shape index (κ3) is 2.35. The van der Waals surface area contributed by atoms with E-state index in [4.69, 9.17) is 14.9 Å². The van der Waals surface area contributed by atoms with Gasteiger partial charge in [0, 0.05) is 29.6 Å². The van der Waals surface area contributed by atoms with Crippen molar-refractivity contribution in [3.05, 3.63) is 35.6 Å². The summed E-state index contributed by atoms with van der Waals surface area (Å²) in [6, 6.07) is 8.10. The number of morpholine rings is 1. The molecule has 1 aromatic heterocycles. The van der Waals surface area contributed by atoms with E-state index >= 15 is 0 Å². The molecule has 0 saturated carbocycles. The van der Waals surface area contributed by atoms with Crippen LogP contribution in [-0.2, 0) is 17.8 Å². The summed E-state index contributed by atoms with van der Waals surface area (Å²) < 4.78 is 11.6. The Kier molecular flexibility index (Phi) is 3.54. The van der Waals surface area contributed by atoms with Gasteiger partial charge in [0.25, 0.3) is 0 Å². The average Bonchev–Trinajstić information content (AvgIpc) is 2.78. The van der Waals surface area contributed by atoms with Gasteiger partial charge in [-0.15, -0.1) is 0 Å². The van der Waals surface area contributed by atoms with Crippen molar-refractivity contribution in [1.29, 1.82) is 0 Å². The molecule has 2 N–H and O–H groups in total.